The second-order valence-corrected chi connectivity index (χ2v) is 6.56. The highest BCUT2D eigenvalue weighted by Crippen LogP contribution is 2.12. The fourth-order valence-corrected chi connectivity index (χ4v) is 2.56. The van der Waals surface area contributed by atoms with E-state index in [0.29, 0.717) is 12.1 Å². The van der Waals surface area contributed by atoms with Crippen LogP contribution in [0.5, 0.6) is 0 Å². The lowest BCUT2D eigenvalue weighted by Crippen LogP contribution is -2.35. The van der Waals surface area contributed by atoms with E-state index in [9.17, 15) is 0 Å². The zero-order valence-electron chi connectivity index (χ0n) is 12.7. The fourth-order valence-electron chi connectivity index (χ4n) is 2.43. The van der Waals surface area contributed by atoms with Crippen LogP contribution in [0.15, 0.2) is 24.3 Å². The van der Waals surface area contributed by atoms with Gasteiger partial charge in [-0.3, -0.25) is 0 Å². The minimum Gasteiger partial charge on any atom is -0.311 e. The molecule has 0 radical (unpaired) electrons. The number of hydrogen-bond donors (Lipinski definition) is 1. The Balaban J connectivity index is 2.26. The van der Waals surface area contributed by atoms with Crippen molar-refractivity contribution in [3.05, 3.63) is 34.9 Å². The zero-order chi connectivity index (χ0) is 14.3. The van der Waals surface area contributed by atoms with E-state index in [1.54, 1.807) is 0 Å². The Morgan fingerprint density at radius 3 is 2.16 bits per heavy atom. The molecule has 2 unspecified atom stereocenters. The van der Waals surface area contributed by atoms with Gasteiger partial charge in [-0.2, -0.15) is 0 Å². The standard InChI is InChI=1S/C17H28ClN/c1-13(2)6-5-7-14(3)19-15(4)12-16-8-10-17(18)11-9-16/h8-11,13-15,19H,5-7,12H2,1-4H3. The van der Waals surface area contributed by atoms with E-state index in [4.69, 9.17) is 11.6 Å². The van der Waals surface area contributed by atoms with Crippen LogP contribution in [0.2, 0.25) is 5.02 Å². The number of hydrogen-bond acceptors (Lipinski definition) is 1. The van der Waals surface area contributed by atoms with E-state index >= 15 is 0 Å². The van der Waals surface area contributed by atoms with Crippen molar-refractivity contribution in [2.75, 3.05) is 0 Å². The lowest BCUT2D eigenvalue weighted by molar-refractivity contribution is 0.416. The molecule has 0 aliphatic rings. The number of rotatable bonds is 8. The third-order valence-electron chi connectivity index (χ3n) is 3.44. The summed E-state index contributed by atoms with van der Waals surface area (Å²) in [5, 5.41) is 4.50. The third kappa shape index (κ3) is 7.59. The summed E-state index contributed by atoms with van der Waals surface area (Å²) < 4.78 is 0. The normalized spacial score (nSPS) is 14.6. The molecule has 108 valence electrons. The molecule has 1 aromatic carbocycles. The van der Waals surface area contributed by atoms with Gasteiger partial charge in [-0.05, 0) is 50.3 Å². The van der Waals surface area contributed by atoms with Crippen molar-refractivity contribution in [1.82, 2.24) is 5.32 Å². The van der Waals surface area contributed by atoms with Crippen molar-refractivity contribution in [1.29, 1.82) is 0 Å². The summed E-state index contributed by atoms with van der Waals surface area (Å²) in [6.45, 7) is 9.13. The molecule has 0 aromatic heterocycles. The van der Waals surface area contributed by atoms with Crippen molar-refractivity contribution in [2.24, 2.45) is 5.92 Å². The summed E-state index contributed by atoms with van der Waals surface area (Å²) in [7, 11) is 0. The molecule has 0 amide bonds. The molecular weight excluding hydrogens is 254 g/mol. The van der Waals surface area contributed by atoms with E-state index < -0.39 is 0 Å². The molecule has 0 spiro atoms. The third-order valence-corrected chi connectivity index (χ3v) is 3.69. The minimum absolute atomic E-state index is 0.509. The lowest BCUT2D eigenvalue weighted by atomic mass is 10.0. The van der Waals surface area contributed by atoms with Crippen LogP contribution in [0.1, 0.15) is 52.5 Å². The Morgan fingerprint density at radius 2 is 1.58 bits per heavy atom. The largest absolute Gasteiger partial charge is 0.311 e. The van der Waals surface area contributed by atoms with Crippen LogP contribution in [0.25, 0.3) is 0 Å². The van der Waals surface area contributed by atoms with Crippen molar-refractivity contribution < 1.29 is 0 Å². The van der Waals surface area contributed by atoms with Crippen LogP contribution >= 0.6 is 11.6 Å². The molecule has 2 atom stereocenters. The van der Waals surface area contributed by atoms with Gasteiger partial charge in [0.05, 0.1) is 0 Å². The van der Waals surface area contributed by atoms with Gasteiger partial charge in [0.15, 0.2) is 0 Å². The Labute approximate surface area is 123 Å². The molecule has 0 heterocycles. The maximum Gasteiger partial charge on any atom is 0.0406 e. The first-order valence-electron chi connectivity index (χ1n) is 7.48. The Kier molecular flexibility index (Phi) is 7.48. The summed E-state index contributed by atoms with van der Waals surface area (Å²) in [5.74, 6) is 0.818. The molecule has 0 saturated carbocycles. The first-order chi connectivity index (χ1) is 8.97. The van der Waals surface area contributed by atoms with E-state index in [1.807, 2.05) is 12.1 Å². The smallest absolute Gasteiger partial charge is 0.0406 e. The first kappa shape index (κ1) is 16.5. The second kappa shape index (κ2) is 8.60. The zero-order valence-corrected chi connectivity index (χ0v) is 13.5. The Bertz CT molecular complexity index is 345. The molecule has 1 rings (SSSR count). The number of nitrogens with one attached hydrogen (secondary N) is 1. The van der Waals surface area contributed by atoms with Crippen LogP contribution in [0.3, 0.4) is 0 Å². The molecule has 0 saturated heterocycles. The van der Waals surface area contributed by atoms with Gasteiger partial charge in [0.2, 0.25) is 0 Å². The summed E-state index contributed by atoms with van der Waals surface area (Å²) in [6, 6.07) is 9.27. The van der Waals surface area contributed by atoms with E-state index in [1.165, 1.54) is 24.8 Å². The van der Waals surface area contributed by atoms with Gasteiger partial charge < -0.3 is 5.32 Å². The molecule has 0 fully saturated rings. The van der Waals surface area contributed by atoms with Crippen LogP contribution in [-0.4, -0.2) is 12.1 Å². The maximum absolute atomic E-state index is 5.90. The molecule has 0 aliphatic heterocycles. The predicted octanol–water partition coefficient (Wildman–Crippen LogP) is 5.08. The molecular formula is C17H28ClN. The van der Waals surface area contributed by atoms with Crippen molar-refractivity contribution >= 4 is 11.6 Å². The van der Waals surface area contributed by atoms with Gasteiger partial charge in [0.1, 0.15) is 0 Å². The van der Waals surface area contributed by atoms with Gasteiger partial charge in [0, 0.05) is 17.1 Å². The highest BCUT2D eigenvalue weighted by molar-refractivity contribution is 6.30. The molecule has 1 nitrogen and oxygen atoms in total. The number of benzene rings is 1. The van der Waals surface area contributed by atoms with Crippen molar-refractivity contribution in [3.63, 3.8) is 0 Å². The quantitative estimate of drug-likeness (QED) is 0.701. The SMILES string of the molecule is CC(C)CCCC(C)NC(C)Cc1ccc(Cl)cc1. The van der Waals surface area contributed by atoms with Gasteiger partial charge in [-0.1, -0.05) is 50.4 Å². The summed E-state index contributed by atoms with van der Waals surface area (Å²) in [4.78, 5) is 0. The molecule has 2 heteroatoms. The van der Waals surface area contributed by atoms with Gasteiger partial charge in [-0.15, -0.1) is 0 Å². The fraction of sp³-hybridized carbons (Fsp3) is 0.647. The highest BCUT2D eigenvalue weighted by Gasteiger charge is 2.08. The molecule has 1 N–H and O–H groups in total. The van der Waals surface area contributed by atoms with Gasteiger partial charge in [-0.25, -0.2) is 0 Å². The van der Waals surface area contributed by atoms with Crippen LogP contribution < -0.4 is 5.32 Å². The van der Waals surface area contributed by atoms with Crippen LogP contribution in [0, 0.1) is 5.92 Å². The average molecular weight is 282 g/mol. The minimum atomic E-state index is 0.509. The van der Waals surface area contributed by atoms with E-state index in [0.717, 1.165) is 17.4 Å². The summed E-state index contributed by atoms with van der Waals surface area (Å²) >= 11 is 5.90. The van der Waals surface area contributed by atoms with Crippen LogP contribution in [-0.2, 0) is 6.42 Å². The molecule has 19 heavy (non-hydrogen) atoms. The van der Waals surface area contributed by atoms with Gasteiger partial charge >= 0.3 is 0 Å². The molecule has 0 bridgehead atoms. The Hall–Kier alpha value is -0.530. The highest BCUT2D eigenvalue weighted by atomic mass is 35.5. The monoisotopic (exact) mass is 281 g/mol. The lowest BCUT2D eigenvalue weighted by Gasteiger charge is -2.20. The van der Waals surface area contributed by atoms with Gasteiger partial charge in [0.25, 0.3) is 0 Å². The molecule has 0 aliphatic carbocycles. The summed E-state index contributed by atoms with van der Waals surface area (Å²) in [5.41, 5.74) is 1.35. The predicted molar refractivity (Wildman–Crippen MR) is 85.9 cm³/mol. The second-order valence-electron chi connectivity index (χ2n) is 6.12. The molecule has 1 aromatic rings. The first-order valence-corrected chi connectivity index (χ1v) is 7.85. The van der Waals surface area contributed by atoms with E-state index in [2.05, 4.69) is 45.1 Å². The van der Waals surface area contributed by atoms with Crippen molar-refractivity contribution in [2.45, 2.75) is 65.5 Å². The topological polar surface area (TPSA) is 12.0 Å². The van der Waals surface area contributed by atoms with Crippen molar-refractivity contribution in [3.8, 4) is 0 Å². The van der Waals surface area contributed by atoms with E-state index in [-0.39, 0.29) is 0 Å². The maximum atomic E-state index is 5.90. The average Bonchev–Trinajstić information content (AvgIpc) is 2.31. The Morgan fingerprint density at radius 1 is 0.947 bits per heavy atom. The van der Waals surface area contributed by atoms with Crippen LogP contribution in [0.4, 0.5) is 0 Å². The summed E-state index contributed by atoms with van der Waals surface area (Å²) in [6.07, 6.45) is 4.98. The number of halogens is 1.